The topological polar surface area (TPSA) is 12.0 Å². The molecule has 2 atom stereocenters. The molecule has 0 saturated carbocycles. The summed E-state index contributed by atoms with van der Waals surface area (Å²) in [5, 5.41) is 3.67. The van der Waals surface area contributed by atoms with Crippen molar-refractivity contribution >= 4 is 11.8 Å². The first kappa shape index (κ1) is 12.4. The van der Waals surface area contributed by atoms with Gasteiger partial charge in [-0.2, -0.15) is 11.8 Å². The van der Waals surface area contributed by atoms with Gasteiger partial charge < -0.3 is 5.32 Å². The van der Waals surface area contributed by atoms with Crippen molar-refractivity contribution in [1.29, 1.82) is 0 Å². The van der Waals surface area contributed by atoms with Gasteiger partial charge in [-0.1, -0.05) is 13.8 Å². The molecule has 1 aliphatic heterocycles. The van der Waals surface area contributed by atoms with Crippen molar-refractivity contribution in [2.75, 3.05) is 18.1 Å². The third-order valence-corrected chi connectivity index (χ3v) is 4.19. The quantitative estimate of drug-likeness (QED) is 0.730. The normalized spacial score (nSPS) is 24.4. The molecule has 1 N–H and O–H groups in total. The minimum atomic E-state index is 0.711. The molecule has 0 aromatic carbocycles. The largest absolute Gasteiger partial charge is 0.314 e. The molecule has 1 fully saturated rings. The van der Waals surface area contributed by atoms with E-state index in [0.717, 1.165) is 11.8 Å². The van der Waals surface area contributed by atoms with Crippen molar-refractivity contribution in [2.45, 2.75) is 46.1 Å². The summed E-state index contributed by atoms with van der Waals surface area (Å²) in [4.78, 5) is 0. The van der Waals surface area contributed by atoms with Crippen LogP contribution >= 0.6 is 11.8 Å². The van der Waals surface area contributed by atoms with Crippen molar-refractivity contribution in [2.24, 2.45) is 11.8 Å². The van der Waals surface area contributed by atoms with Crippen LogP contribution in [0.2, 0.25) is 0 Å². The van der Waals surface area contributed by atoms with Crippen LogP contribution < -0.4 is 5.32 Å². The number of hydrogen-bond donors (Lipinski definition) is 1. The summed E-state index contributed by atoms with van der Waals surface area (Å²) in [6, 6.07) is 0.711. The zero-order valence-electron chi connectivity index (χ0n) is 9.88. The van der Waals surface area contributed by atoms with Crippen LogP contribution in [0.1, 0.15) is 40.0 Å². The van der Waals surface area contributed by atoms with Gasteiger partial charge in [0.1, 0.15) is 0 Å². The van der Waals surface area contributed by atoms with Gasteiger partial charge in [-0.25, -0.2) is 0 Å². The predicted molar refractivity (Wildman–Crippen MR) is 67.0 cm³/mol. The number of rotatable bonds is 6. The van der Waals surface area contributed by atoms with Crippen molar-refractivity contribution < 1.29 is 0 Å². The first-order chi connectivity index (χ1) is 6.68. The lowest BCUT2D eigenvalue weighted by Crippen LogP contribution is -2.31. The molecule has 0 aromatic rings. The van der Waals surface area contributed by atoms with Crippen LogP contribution in [0.3, 0.4) is 0 Å². The van der Waals surface area contributed by atoms with E-state index < -0.39 is 0 Å². The van der Waals surface area contributed by atoms with Crippen molar-refractivity contribution in [1.82, 2.24) is 5.32 Å². The molecular weight excluding hydrogens is 190 g/mol. The molecule has 0 amide bonds. The Morgan fingerprint density at radius 3 is 2.64 bits per heavy atom. The third kappa shape index (κ3) is 5.26. The smallest absolute Gasteiger partial charge is 0.00389 e. The van der Waals surface area contributed by atoms with E-state index in [-0.39, 0.29) is 0 Å². The van der Waals surface area contributed by atoms with E-state index in [4.69, 9.17) is 0 Å². The third-order valence-electron chi connectivity index (χ3n) is 2.96. The lowest BCUT2D eigenvalue weighted by molar-refractivity contribution is 0.419. The van der Waals surface area contributed by atoms with E-state index >= 15 is 0 Å². The Morgan fingerprint density at radius 1 is 1.29 bits per heavy atom. The van der Waals surface area contributed by atoms with Gasteiger partial charge in [0.15, 0.2) is 0 Å². The molecular formula is C12H25NS. The molecule has 1 heterocycles. The van der Waals surface area contributed by atoms with Gasteiger partial charge in [0, 0.05) is 6.04 Å². The van der Waals surface area contributed by atoms with Crippen LogP contribution in [-0.2, 0) is 0 Å². The van der Waals surface area contributed by atoms with E-state index in [1.54, 1.807) is 0 Å². The van der Waals surface area contributed by atoms with Gasteiger partial charge in [0.25, 0.3) is 0 Å². The average Bonchev–Trinajstić information content (AvgIpc) is 2.63. The van der Waals surface area contributed by atoms with Crippen LogP contribution in [0.5, 0.6) is 0 Å². The lowest BCUT2D eigenvalue weighted by Gasteiger charge is -2.17. The number of hydrogen-bond acceptors (Lipinski definition) is 2. The van der Waals surface area contributed by atoms with Gasteiger partial charge in [0.05, 0.1) is 0 Å². The first-order valence-corrected chi connectivity index (χ1v) is 7.15. The molecule has 0 bridgehead atoms. The Morgan fingerprint density at radius 2 is 2.07 bits per heavy atom. The maximum absolute atomic E-state index is 3.67. The summed E-state index contributed by atoms with van der Waals surface area (Å²) in [6.45, 7) is 8.18. The maximum atomic E-state index is 3.67. The molecule has 1 aliphatic rings. The van der Waals surface area contributed by atoms with Crippen LogP contribution in [0.15, 0.2) is 0 Å². The molecule has 2 heteroatoms. The fourth-order valence-corrected chi connectivity index (χ4v) is 3.08. The van der Waals surface area contributed by atoms with Crippen molar-refractivity contribution in [3.05, 3.63) is 0 Å². The van der Waals surface area contributed by atoms with Crippen LogP contribution in [0, 0.1) is 11.8 Å². The second-order valence-electron chi connectivity index (χ2n) is 5.01. The Kier molecular flexibility index (Phi) is 5.95. The Balaban J connectivity index is 1.99. The average molecular weight is 215 g/mol. The molecule has 0 aliphatic carbocycles. The summed E-state index contributed by atoms with van der Waals surface area (Å²) in [5.41, 5.74) is 0. The summed E-state index contributed by atoms with van der Waals surface area (Å²) < 4.78 is 0. The Labute approximate surface area is 93.4 Å². The highest BCUT2D eigenvalue weighted by atomic mass is 32.2. The Hall–Kier alpha value is 0.310. The molecule has 0 radical (unpaired) electrons. The minimum absolute atomic E-state index is 0.711. The molecule has 1 saturated heterocycles. The molecule has 2 unspecified atom stereocenters. The highest BCUT2D eigenvalue weighted by Crippen LogP contribution is 2.22. The molecule has 0 spiro atoms. The van der Waals surface area contributed by atoms with Gasteiger partial charge in [0.2, 0.25) is 0 Å². The van der Waals surface area contributed by atoms with Crippen molar-refractivity contribution in [3.63, 3.8) is 0 Å². The Bertz CT molecular complexity index is 141. The maximum Gasteiger partial charge on any atom is 0.00389 e. The van der Waals surface area contributed by atoms with E-state index in [1.807, 2.05) is 0 Å². The van der Waals surface area contributed by atoms with Gasteiger partial charge in [-0.3, -0.25) is 0 Å². The van der Waals surface area contributed by atoms with E-state index in [0.29, 0.717) is 6.04 Å². The number of nitrogens with one attached hydrogen (secondary N) is 1. The number of thioether (sulfide) groups is 1. The van der Waals surface area contributed by atoms with Gasteiger partial charge in [-0.15, -0.1) is 0 Å². The minimum Gasteiger partial charge on any atom is -0.314 e. The summed E-state index contributed by atoms with van der Waals surface area (Å²) in [7, 11) is 0. The van der Waals surface area contributed by atoms with E-state index in [1.165, 1.54) is 37.3 Å². The second kappa shape index (κ2) is 6.73. The lowest BCUT2D eigenvalue weighted by atomic mass is 10.0. The molecule has 1 nitrogen and oxygen atoms in total. The first-order valence-electron chi connectivity index (χ1n) is 5.99. The predicted octanol–water partition coefficient (Wildman–Crippen LogP) is 3.15. The fourth-order valence-electron chi connectivity index (χ4n) is 1.80. The van der Waals surface area contributed by atoms with Crippen LogP contribution in [0.25, 0.3) is 0 Å². The van der Waals surface area contributed by atoms with Crippen molar-refractivity contribution in [3.8, 4) is 0 Å². The summed E-state index contributed by atoms with van der Waals surface area (Å²) in [6.07, 6.45) is 4.11. The molecule has 1 rings (SSSR count). The SMILES string of the molecule is CC(C)CCC(C)NCC1CCSC1. The molecule has 14 heavy (non-hydrogen) atoms. The fraction of sp³-hybridized carbons (Fsp3) is 1.00. The van der Waals surface area contributed by atoms with Crippen LogP contribution in [-0.4, -0.2) is 24.1 Å². The standard InChI is InChI=1S/C12H25NS/c1-10(2)4-5-11(3)13-8-12-6-7-14-9-12/h10-13H,4-9H2,1-3H3. The zero-order valence-corrected chi connectivity index (χ0v) is 10.7. The summed E-state index contributed by atoms with van der Waals surface area (Å²) in [5.74, 6) is 4.55. The van der Waals surface area contributed by atoms with Gasteiger partial charge >= 0.3 is 0 Å². The highest BCUT2D eigenvalue weighted by molar-refractivity contribution is 7.99. The van der Waals surface area contributed by atoms with Crippen LogP contribution in [0.4, 0.5) is 0 Å². The van der Waals surface area contributed by atoms with Gasteiger partial charge in [-0.05, 0) is 56.1 Å². The van der Waals surface area contributed by atoms with E-state index in [2.05, 4.69) is 37.8 Å². The zero-order chi connectivity index (χ0) is 10.4. The second-order valence-corrected chi connectivity index (χ2v) is 6.16. The summed E-state index contributed by atoms with van der Waals surface area (Å²) >= 11 is 2.11. The molecule has 84 valence electrons. The monoisotopic (exact) mass is 215 g/mol. The van der Waals surface area contributed by atoms with E-state index in [9.17, 15) is 0 Å². The molecule has 0 aromatic heterocycles. The highest BCUT2D eigenvalue weighted by Gasteiger charge is 2.15.